The average Bonchev–Trinajstić information content (AvgIpc) is 2.14. The van der Waals surface area contributed by atoms with Crippen LogP contribution in [0.5, 0.6) is 0 Å². The third-order valence-electron chi connectivity index (χ3n) is 1.35. The highest BCUT2D eigenvalue weighted by atomic mass is 32.2. The first kappa shape index (κ1) is 9.85. The van der Waals surface area contributed by atoms with Gasteiger partial charge in [-0.1, -0.05) is 6.07 Å². The zero-order valence-corrected chi connectivity index (χ0v) is 7.72. The van der Waals surface area contributed by atoms with E-state index in [9.17, 15) is 4.39 Å². The lowest BCUT2D eigenvalue weighted by atomic mass is 10.4. The van der Waals surface area contributed by atoms with Gasteiger partial charge < -0.3 is 11.6 Å². The minimum Gasteiger partial charge on any atom is -0.385 e. The first-order chi connectivity index (χ1) is 6.22. The molecule has 0 unspecified atom stereocenters. The summed E-state index contributed by atoms with van der Waals surface area (Å²) in [5.41, 5.74) is 5.37. The summed E-state index contributed by atoms with van der Waals surface area (Å²) in [6.07, 6.45) is 0. The van der Waals surface area contributed by atoms with Crippen molar-refractivity contribution in [3.05, 3.63) is 30.1 Å². The van der Waals surface area contributed by atoms with E-state index in [1.807, 2.05) is 0 Å². The monoisotopic (exact) mass is 199 g/mol. The van der Waals surface area contributed by atoms with Crippen molar-refractivity contribution < 1.29 is 4.39 Å². The molecule has 70 valence electrons. The molecule has 5 heteroatoms. The number of thioether (sulfide) groups is 1. The summed E-state index contributed by atoms with van der Waals surface area (Å²) in [4.78, 5) is 0.812. The van der Waals surface area contributed by atoms with E-state index in [-0.39, 0.29) is 5.82 Å². The number of rotatable bonds is 3. The number of benzene rings is 1. The highest BCUT2D eigenvalue weighted by molar-refractivity contribution is 8.00. The van der Waals surface area contributed by atoms with E-state index >= 15 is 0 Å². The lowest BCUT2D eigenvalue weighted by molar-refractivity contribution is 0.624. The fraction of sp³-hybridized carbons (Fsp3) is 0.125. The second-order valence-corrected chi connectivity index (χ2v) is 3.42. The van der Waals surface area contributed by atoms with Gasteiger partial charge in [-0.05, 0) is 18.2 Å². The Labute approximate surface area is 80.0 Å². The zero-order valence-electron chi connectivity index (χ0n) is 6.90. The maximum Gasteiger partial charge on any atom is 0.129 e. The van der Waals surface area contributed by atoms with Crippen molar-refractivity contribution in [2.75, 3.05) is 5.75 Å². The van der Waals surface area contributed by atoms with Crippen LogP contribution in [0.3, 0.4) is 0 Å². The van der Waals surface area contributed by atoms with Gasteiger partial charge in [-0.3, -0.25) is 0 Å². The fourth-order valence-corrected chi connectivity index (χ4v) is 1.51. The first-order valence-corrected chi connectivity index (χ1v) is 4.61. The molecule has 0 heterocycles. The molecule has 0 aliphatic carbocycles. The minimum absolute atomic E-state index is 0.256. The highest BCUT2D eigenvalue weighted by Gasteiger charge is 1.97. The summed E-state index contributed by atoms with van der Waals surface area (Å²) in [5.74, 6) is 5.50. The SMILES string of the molecule is NN=C(N)CSc1cccc(F)c1. The predicted molar refractivity (Wildman–Crippen MR) is 52.9 cm³/mol. The molecular weight excluding hydrogens is 189 g/mol. The van der Waals surface area contributed by atoms with Crippen LogP contribution in [0.25, 0.3) is 0 Å². The van der Waals surface area contributed by atoms with Crippen LogP contribution < -0.4 is 11.6 Å². The second-order valence-electron chi connectivity index (χ2n) is 2.37. The van der Waals surface area contributed by atoms with Gasteiger partial charge in [0.1, 0.15) is 11.7 Å². The molecule has 0 saturated carbocycles. The average molecular weight is 199 g/mol. The van der Waals surface area contributed by atoms with Crippen molar-refractivity contribution >= 4 is 17.6 Å². The molecule has 0 bridgehead atoms. The lowest BCUT2D eigenvalue weighted by Crippen LogP contribution is -2.16. The summed E-state index contributed by atoms with van der Waals surface area (Å²) < 4.78 is 12.7. The van der Waals surface area contributed by atoms with Crippen molar-refractivity contribution in [2.24, 2.45) is 16.7 Å². The molecule has 0 aliphatic rings. The van der Waals surface area contributed by atoms with Gasteiger partial charge in [0.25, 0.3) is 0 Å². The predicted octanol–water partition coefficient (Wildman–Crippen LogP) is 1.15. The molecule has 1 aromatic carbocycles. The highest BCUT2D eigenvalue weighted by Crippen LogP contribution is 2.17. The quantitative estimate of drug-likeness (QED) is 0.252. The van der Waals surface area contributed by atoms with E-state index in [0.29, 0.717) is 11.6 Å². The largest absolute Gasteiger partial charge is 0.385 e. The van der Waals surface area contributed by atoms with Crippen LogP contribution >= 0.6 is 11.8 Å². The molecule has 0 radical (unpaired) electrons. The van der Waals surface area contributed by atoms with E-state index in [2.05, 4.69) is 5.10 Å². The number of nitrogens with two attached hydrogens (primary N) is 2. The molecule has 0 aromatic heterocycles. The lowest BCUT2D eigenvalue weighted by Gasteiger charge is -1.99. The molecule has 0 atom stereocenters. The van der Waals surface area contributed by atoms with Crippen molar-refractivity contribution in [2.45, 2.75) is 4.90 Å². The van der Waals surface area contributed by atoms with Crippen LogP contribution in [0.15, 0.2) is 34.3 Å². The van der Waals surface area contributed by atoms with Gasteiger partial charge in [-0.15, -0.1) is 11.8 Å². The Morgan fingerprint density at radius 3 is 2.92 bits per heavy atom. The summed E-state index contributed by atoms with van der Waals surface area (Å²) >= 11 is 1.39. The van der Waals surface area contributed by atoms with Gasteiger partial charge in [0, 0.05) is 4.90 Å². The van der Waals surface area contributed by atoms with E-state index in [1.165, 1.54) is 23.9 Å². The Morgan fingerprint density at radius 1 is 1.54 bits per heavy atom. The third kappa shape index (κ3) is 3.33. The van der Waals surface area contributed by atoms with Crippen molar-refractivity contribution in [1.82, 2.24) is 0 Å². The maximum atomic E-state index is 12.7. The van der Waals surface area contributed by atoms with Crippen molar-refractivity contribution in [1.29, 1.82) is 0 Å². The second kappa shape index (κ2) is 4.71. The Morgan fingerprint density at radius 2 is 2.31 bits per heavy atom. The molecule has 4 N–H and O–H groups in total. The molecule has 1 rings (SSSR count). The molecule has 0 saturated heterocycles. The smallest absolute Gasteiger partial charge is 0.129 e. The number of amidine groups is 1. The van der Waals surface area contributed by atoms with Gasteiger partial charge in [0.05, 0.1) is 5.75 Å². The Bertz CT molecular complexity index is 314. The van der Waals surface area contributed by atoms with Gasteiger partial charge in [-0.2, -0.15) is 5.10 Å². The van der Waals surface area contributed by atoms with E-state index < -0.39 is 0 Å². The molecule has 0 aliphatic heterocycles. The summed E-state index contributed by atoms with van der Waals surface area (Å²) in [7, 11) is 0. The van der Waals surface area contributed by atoms with Crippen molar-refractivity contribution in [3.8, 4) is 0 Å². The summed E-state index contributed by atoms with van der Waals surface area (Å²) in [5, 5.41) is 3.31. The van der Waals surface area contributed by atoms with E-state index in [4.69, 9.17) is 11.6 Å². The Hall–Kier alpha value is -1.23. The topological polar surface area (TPSA) is 64.4 Å². The van der Waals surface area contributed by atoms with Crippen LogP contribution in [0.2, 0.25) is 0 Å². The summed E-state index contributed by atoms with van der Waals surface area (Å²) in [6.45, 7) is 0. The fourth-order valence-electron chi connectivity index (χ4n) is 0.751. The van der Waals surface area contributed by atoms with Gasteiger partial charge in [0.15, 0.2) is 0 Å². The first-order valence-electron chi connectivity index (χ1n) is 3.63. The van der Waals surface area contributed by atoms with Crippen LogP contribution in [0, 0.1) is 5.82 Å². The van der Waals surface area contributed by atoms with Crippen molar-refractivity contribution in [3.63, 3.8) is 0 Å². The number of hydrazone groups is 1. The molecule has 0 spiro atoms. The van der Waals surface area contributed by atoms with Crippen LogP contribution in [0.4, 0.5) is 4.39 Å². The molecule has 0 amide bonds. The molecule has 3 nitrogen and oxygen atoms in total. The van der Waals surface area contributed by atoms with Crippen LogP contribution in [-0.4, -0.2) is 11.6 Å². The van der Waals surface area contributed by atoms with Gasteiger partial charge in [-0.25, -0.2) is 4.39 Å². The Balaban J connectivity index is 2.55. The third-order valence-corrected chi connectivity index (χ3v) is 2.38. The molecular formula is C8H10FN3S. The standard InChI is InChI=1S/C8H10FN3S/c9-6-2-1-3-7(4-6)13-5-8(10)12-11/h1-4H,5,11H2,(H2,10,12). The van der Waals surface area contributed by atoms with E-state index in [1.54, 1.807) is 12.1 Å². The normalized spacial score (nSPS) is 11.6. The number of halogens is 1. The van der Waals surface area contributed by atoms with E-state index in [0.717, 1.165) is 4.90 Å². The maximum absolute atomic E-state index is 12.7. The Kier molecular flexibility index (Phi) is 3.57. The number of hydrogen-bond donors (Lipinski definition) is 2. The minimum atomic E-state index is -0.256. The molecule has 0 fully saturated rings. The number of hydrogen-bond acceptors (Lipinski definition) is 3. The zero-order chi connectivity index (χ0) is 9.68. The van der Waals surface area contributed by atoms with Crippen LogP contribution in [0.1, 0.15) is 0 Å². The molecule has 1 aromatic rings. The molecule has 13 heavy (non-hydrogen) atoms. The van der Waals surface area contributed by atoms with Gasteiger partial charge in [0.2, 0.25) is 0 Å². The van der Waals surface area contributed by atoms with Crippen LogP contribution in [-0.2, 0) is 0 Å². The summed E-state index contributed by atoms with van der Waals surface area (Å²) in [6, 6.07) is 6.28. The number of nitrogens with zero attached hydrogens (tertiary/aromatic N) is 1. The van der Waals surface area contributed by atoms with Gasteiger partial charge >= 0.3 is 0 Å².